The van der Waals surface area contributed by atoms with Gasteiger partial charge >= 0.3 is 0 Å². The average molecular weight is 220 g/mol. The average Bonchev–Trinajstić information content (AvgIpc) is 2.30. The molecule has 1 fully saturated rings. The van der Waals surface area contributed by atoms with E-state index in [0.29, 0.717) is 0 Å². The second kappa shape index (κ2) is 5.85. The predicted molar refractivity (Wildman–Crippen MR) is 64.7 cm³/mol. The fraction of sp³-hybridized carbons (Fsp3) is 0.615. The van der Waals surface area contributed by atoms with Crippen molar-refractivity contribution in [3.8, 4) is 5.88 Å². The maximum Gasteiger partial charge on any atom is 0.213 e. The molecule has 1 aliphatic heterocycles. The van der Waals surface area contributed by atoms with Gasteiger partial charge in [-0.1, -0.05) is 0 Å². The zero-order valence-electron chi connectivity index (χ0n) is 9.91. The summed E-state index contributed by atoms with van der Waals surface area (Å²) in [5.41, 5.74) is 1.20. The zero-order chi connectivity index (χ0) is 11.2. The number of aryl methyl sites for hydroxylation is 1. The third-order valence-electron chi connectivity index (χ3n) is 3.07. The SMILES string of the molecule is Cc1ccnc(OCCC2CCCNC2)c1. The molecule has 0 saturated carbocycles. The Morgan fingerprint density at radius 1 is 1.56 bits per heavy atom. The molecule has 1 aromatic heterocycles. The van der Waals surface area contributed by atoms with Crippen LogP contribution in [0.1, 0.15) is 24.8 Å². The van der Waals surface area contributed by atoms with Gasteiger partial charge in [0.2, 0.25) is 5.88 Å². The van der Waals surface area contributed by atoms with Gasteiger partial charge in [-0.05, 0) is 56.8 Å². The summed E-state index contributed by atoms with van der Waals surface area (Å²) in [5, 5.41) is 3.42. The molecule has 0 amide bonds. The summed E-state index contributed by atoms with van der Waals surface area (Å²) < 4.78 is 5.65. The topological polar surface area (TPSA) is 34.1 Å². The summed E-state index contributed by atoms with van der Waals surface area (Å²) in [4.78, 5) is 4.18. The van der Waals surface area contributed by atoms with Crippen molar-refractivity contribution in [3.05, 3.63) is 23.9 Å². The van der Waals surface area contributed by atoms with Crippen LogP contribution in [0, 0.1) is 12.8 Å². The van der Waals surface area contributed by atoms with Crippen LogP contribution in [-0.2, 0) is 0 Å². The third kappa shape index (κ3) is 3.49. The molecular formula is C13H20N2O. The lowest BCUT2D eigenvalue weighted by Gasteiger charge is -2.22. The molecule has 2 rings (SSSR count). The Labute approximate surface area is 97.2 Å². The first-order valence-electron chi connectivity index (χ1n) is 6.11. The molecule has 1 aromatic rings. The van der Waals surface area contributed by atoms with Gasteiger partial charge in [0.1, 0.15) is 0 Å². The molecule has 3 nitrogen and oxygen atoms in total. The Morgan fingerprint density at radius 3 is 3.25 bits per heavy atom. The van der Waals surface area contributed by atoms with Crippen molar-refractivity contribution < 1.29 is 4.74 Å². The van der Waals surface area contributed by atoms with Crippen molar-refractivity contribution in [1.82, 2.24) is 10.3 Å². The van der Waals surface area contributed by atoms with Crippen LogP contribution in [0.2, 0.25) is 0 Å². The highest BCUT2D eigenvalue weighted by Crippen LogP contribution is 2.15. The Hall–Kier alpha value is -1.09. The van der Waals surface area contributed by atoms with E-state index in [1.54, 1.807) is 6.20 Å². The number of ether oxygens (including phenoxy) is 1. The van der Waals surface area contributed by atoms with E-state index in [1.165, 1.54) is 24.9 Å². The van der Waals surface area contributed by atoms with E-state index in [2.05, 4.69) is 17.2 Å². The molecule has 0 aliphatic carbocycles. The van der Waals surface area contributed by atoms with Crippen molar-refractivity contribution in [1.29, 1.82) is 0 Å². The maximum atomic E-state index is 5.65. The smallest absolute Gasteiger partial charge is 0.213 e. The van der Waals surface area contributed by atoms with Gasteiger partial charge in [0, 0.05) is 12.3 Å². The van der Waals surface area contributed by atoms with Gasteiger partial charge < -0.3 is 10.1 Å². The van der Waals surface area contributed by atoms with Crippen molar-refractivity contribution in [2.75, 3.05) is 19.7 Å². The third-order valence-corrected chi connectivity index (χ3v) is 3.07. The molecule has 16 heavy (non-hydrogen) atoms. The van der Waals surface area contributed by atoms with Crippen LogP contribution in [0.4, 0.5) is 0 Å². The minimum Gasteiger partial charge on any atom is -0.478 e. The van der Waals surface area contributed by atoms with Crippen LogP contribution in [0.5, 0.6) is 5.88 Å². The molecule has 1 atom stereocenters. The summed E-state index contributed by atoms with van der Waals surface area (Å²) >= 11 is 0. The van der Waals surface area contributed by atoms with Gasteiger partial charge in [-0.25, -0.2) is 4.98 Å². The number of aromatic nitrogens is 1. The molecule has 3 heteroatoms. The largest absolute Gasteiger partial charge is 0.478 e. The number of piperidine rings is 1. The van der Waals surface area contributed by atoms with Crippen LogP contribution in [0.25, 0.3) is 0 Å². The highest BCUT2D eigenvalue weighted by atomic mass is 16.5. The van der Waals surface area contributed by atoms with Crippen LogP contribution in [-0.4, -0.2) is 24.7 Å². The van der Waals surface area contributed by atoms with Crippen molar-refractivity contribution in [2.24, 2.45) is 5.92 Å². The maximum absolute atomic E-state index is 5.65. The molecule has 0 radical (unpaired) electrons. The second-order valence-electron chi connectivity index (χ2n) is 4.52. The quantitative estimate of drug-likeness (QED) is 0.844. The van der Waals surface area contributed by atoms with E-state index in [1.807, 2.05) is 12.1 Å². The lowest BCUT2D eigenvalue weighted by atomic mass is 9.97. The van der Waals surface area contributed by atoms with Crippen LogP contribution >= 0.6 is 0 Å². The van der Waals surface area contributed by atoms with E-state index >= 15 is 0 Å². The fourth-order valence-corrected chi connectivity index (χ4v) is 2.09. The van der Waals surface area contributed by atoms with Gasteiger partial charge in [-0.15, -0.1) is 0 Å². The lowest BCUT2D eigenvalue weighted by Crippen LogP contribution is -2.30. The molecule has 1 saturated heterocycles. The number of nitrogens with one attached hydrogen (secondary N) is 1. The molecule has 1 N–H and O–H groups in total. The first-order valence-corrected chi connectivity index (χ1v) is 6.11. The van der Waals surface area contributed by atoms with Gasteiger partial charge in [-0.3, -0.25) is 0 Å². The normalized spacial score (nSPS) is 20.7. The molecule has 0 aromatic carbocycles. The molecule has 0 spiro atoms. The number of hydrogen-bond acceptors (Lipinski definition) is 3. The molecule has 0 bridgehead atoms. The van der Waals surface area contributed by atoms with E-state index in [0.717, 1.165) is 31.4 Å². The standard InChI is InChI=1S/C13H20N2O/c1-11-4-7-15-13(9-11)16-8-5-12-3-2-6-14-10-12/h4,7,9,12,14H,2-3,5-6,8,10H2,1H3. The highest BCUT2D eigenvalue weighted by Gasteiger charge is 2.12. The van der Waals surface area contributed by atoms with Crippen LogP contribution in [0.3, 0.4) is 0 Å². The van der Waals surface area contributed by atoms with E-state index < -0.39 is 0 Å². The summed E-state index contributed by atoms with van der Waals surface area (Å²) in [6.07, 6.45) is 5.56. The molecule has 1 unspecified atom stereocenters. The molecule has 1 aliphatic rings. The van der Waals surface area contributed by atoms with Gasteiger partial charge in [0.05, 0.1) is 6.61 Å². The molecular weight excluding hydrogens is 200 g/mol. The zero-order valence-corrected chi connectivity index (χ0v) is 9.91. The van der Waals surface area contributed by atoms with Crippen molar-refractivity contribution in [3.63, 3.8) is 0 Å². The minimum absolute atomic E-state index is 0.753. The first-order chi connectivity index (χ1) is 7.84. The van der Waals surface area contributed by atoms with Crippen LogP contribution < -0.4 is 10.1 Å². The van der Waals surface area contributed by atoms with Crippen molar-refractivity contribution in [2.45, 2.75) is 26.2 Å². The first kappa shape index (κ1) is 11.4. The lowest BCUT2D eigenvalue weighted by molar-refractivity contribution is 0.247. The Balaban J connectivity index is 1.71. The van der Waals surface area contributed by atoms with E-state index in [4.69, 9.17) is 4.74 Å². The second-order valence-corrected chi connectivity index (χ2v) is 4.52. The number of nitrogens with zero attached hydrogens (tertiary/aromatic N) is 1. The number of pyridine rings is 1. The summed E-state index contributed by atoms with van der Waals surface area (Å²) in [6.45, 7) is 5.16. The summed E-state index contributed by atoms with van der Waals surface area (Å²) in [5.74, 6) is 1.53. The van der Waals surface area contributed by atoms with E-state index in [9.17, 15) is 0 Å². The Morgan fingerprint density at radius 2 is 2.50 bits per heavy atom. The van der Waals surface area contributed by atoms with Gasteiger partial charge in [-0.2, -0.15) is 0 Å². The number of hydrogen-bond donors (Lipinski definition) is 1. The van der Waals surface area contributed by atoms with E-state index in [-0.39, 0.29) is 0 Å². The minimum atomic E-state index is 0.753. The van der Waals surface area contributed by atoms with Crippen LogP contribution in [0.15, 0.2) is 18.3 Å². The monoisotopic (exact) mass is 220 g/mol. The Kier molecular flexibility index (Phi) is 4.17. The van der Waals surface area contributed by atoms with Gasteiger partial charge in [0.15, 0.2) is 0 Å². The predicted octanol–water partition coefficient (Wildman–Crippen LogP) is 2.16. The summed E-state index contributed by atoms with van der Waals surface area (Å²) in [6, 6.07) is 3.97. The highest BCUT2D eigenvalue weighted by molar-refractivity contribution is 5.18. The van der Waals surface area contributed by atoms with Gasteiger partial charge in [0.25, 0.3) is 0 Å². The summed E-state index contributed by atoms with van der Waals surface area (Å²) in [7, 11) is 0. The Bertz CT molecular complexity index is 321. The van der Waals surface area contributed by atoms with Crippen molar-refractivity contribution >= 4 is 0 Å². The molecule has 2 heterocycles. The molecule has 88 valence electrons. The number of rotatable bonds is 4. The fourth-order valence-electron chi connectivity index (χ4n) is 2.09.